The number of rotatable bonds is 7. The Balaban J connectivity index is 2.15. The molecule has 0 amide bonds. The molecule has 4 heteroatoms. The van der Waals surface area contributed by atoms with E-state index in [0.717, 1.165) is 40.9 Å². The minimum atomic E-state index is 0.671. The molecular formula is C17H21IN2O. The molecule has 1 N–H and O–H groups in total. The van der Waals surface area contributed by atoms with Crippen LogP contribution in [0.3, 0.4) is 0 Å². The minimum absolute atomic E-state index is 0.671. The zero-order valence-corrected chi connectivity index (χ0v) is 14.7. The summed E-state index contributed by atoms with van der Waals surface area (Å²) in [6.45, 7) is 6.16. The lowest BCUT2D eigenvalue weighted by Gasteiger charge is -2.10. The molecule has 2 aromatic rings. The average molecular weight is 396 g/mol. The molecule has 0 atom stereocenters. The summed E-state index contributed by atoms with van der Waals surface area (Å²) in [5, 5.41) is 3.42. The van der Waals surface area contributed by atoms with E-state index < -0.39 is 0 Å². The van der Waals surface area contributed by atoms with E-state index in [0.29, 0.717) is 5.88 Å². The summed E-state index contributed by atoms with van der Waals surface area (Å²) >= 11 is 2.28. The van der Waals surface area contributed by atoms with Crippen molar-refractivity contribution in [2.75, 3.05) is 6.54 Å². The molecule has 0 aliphatic rings. The number of halogens is 1. The second kappa shape index (κ2) is 8.34. The summed E-state index contributed by atoms with van der Waals surface area (Å²) in [5.41, 5.74) is 2.28. The standard InChI is InChI=1S/C17H21IN2O/c1-3-8-19-12-13-9-15(4-2)20-17(10-13)21-16-7-5-6-14(18)11-16/h5-7,9-11,19H,3-4,8,12H2,1-2H3. The van der Waals surface area contributed by atoms with E-state index in [1.54, 1.807) is 0 Å². The van der Waals surface area contributed by atoms with Crippen molar-refractivity contribution in [3.8, 4) is 11.6 Å². The second-order valence-electron chi connectivity index (χ2n) is 4.89. The highest BCUT2D eigenvalue weighted by Crippen LogP contribution is 2.23. The second-order valence-corrected chi connectivity index (χ2v) is 6.14. The lowest BCUT2D eigenvalue weighted by atomic mass is 10.2. The third kappa shape index (κ3) is 5.28. The van der Waals surface area contributed by atoms with Gasteiger partial charge in [-0.3, -0.25) is 0 Å². The fourth-order valence-electron chi connectivity index (χ4n) is 2.02. The van der Waals surface area contributed by atoms with Gasteiger partial charge in [0.1, 0.15) is 5.75 Å². The van der Waals surface area contributed by atoms with Crippen LogP contribution < -0.4 is 10.1 Å². The van der Waals surface area contributed by atoms with Crippen LogP contribution in [0.4, 0.5) is 0 Å². The van der Waals surface area contributed by atoms with Gasteiger partial charge in [0.25, 0.3) is 0 Å². The predicted octanol–water partition coefficient (Wildman–Crippen LogP) is 4.54. The number of aryl methyl sites for hydroxylation is 1. The van der Waals surface area contributed by atoms with E-state index in [1.807, 2.05) is 30.3 Å². The molecule has 0 saturated carbocycles. The zero-order valence-electron chi connectivity index (χ0n) is 12.5. The van der Waals surface area contributed by atoms with E-state index in [-0.39, 0.29) is 0 Å². The number of aromatic nitrogens is 1. The summed E-state index contributed by atoms with van der Waals surface area (Å²) in [6, 6.07) is 12.2. The van der Waals surface area contributed by atoms with Crippen molar-refractivity contribution in [2.45, 2.75) is 33.2 Å². The summed E-state index contributed by atoms with van der Waals surface area (Å²) in [5.74, 6) is 1.50. The van der Waals surface area contributed by atoms with Crippen LogP contribution in [0.5, 0.6) is 11.6 Å². The Morgan fingerprint density at radius 3 is 2.76 bits per heavy atom. The first-order chi connectivity index (χ1) is 10.2. The molecule has 0 fully saturated rings. The third-order valence-corrected chi connectivity index (χ3v) is 3.72. The molecule has 0 radical (unpaired) electrons. The zero-order chi connectivity index (χ0) is 15.1. The monoisotopic (exact) mass is 396 g/mol. The predicted molar refractivity (Wildman–Crippen MR) is 94.8 cm³/mol. The van der Waals surface area contributed by atoms with Crippen LogP contribution in [0.25, 0.3) is 0 Å². The van der Waals surface area contributed by atoms with Crippen molar-refractivity contribution in [1.82, 2.24) is 10.3 Å². The van der Waals surface area contributed by atoms with Gasteiger partial charge in [0.2, 0.25) is 5.88 Å². The van der Waals surface area contributed by atoms with Gasteiger partial charge in [-0.2, -0.15) is 0 Å². The van der Waals surface area contributed by atoms with Crippen molar-refractivity contribution >= 4 is 22.6 Å². The molecule has 0 unspecified atom stereocenters. The van der Waals surface area contributed by atoms with E-state index in [1.165, 1.54) is 5.56 Å². The Morgan fingerprint density at radius 1 is 1.19 bits per heavy atom. The Labute approximate surface area is 140 Å². The van der Waals surface area contributed by atoms with Gasteiger partial charge in [0.15, 0.2) is 0 Å². The van der Waals surface area contributed by atoms with Crippen molar-refractivity contribution in [1.29, 1.82) is 0 Å². The molecular weight excluding hydrogens is 375 g/mol. The Morgan fingerprint density at radius 2 is 2.05 bits per heavy atom. The van der Waals surface area contributed by atoms with Crippen LogP contribution >= 0.6 is 22.6 Å². The number of nitrogens with one attached hydrogen (secondary N) is 1. The highest BCUT2D eigenvalue weighted by atomic mass is 127. The molecule has 0 aliphatic carbocycles. The molecule has 112 valence electrons. The maximum absolute atomic E-state index is 5.90. The molecule has 1 heterocycles. The summed E-state index contributed by atoms with van der Waals surface area (Å²) in [6.07, 6.45) is 2.04. The fourth-order valence-corrected chi connectivity index (χ4v) is 2.53. The van der Waals surface area contributed by atoms with Crippen LogP contribution in [0.2, 0.25) is 0 Å². The Bertz CT molecular complexity index is 587. The molecule has 0 spiro atoms. The van der Waals surface area contributed by atoms with Crippen molar-refractivity contribution in [3.05, 3.63) is 51.2 Å². The first-order valence-corrected chi connectivity index (χ1v) is 8.43. The van der Waals surface area contributed by atoms with Crippen LogP contribution in [0.15, 0.2) is 36.4 Å². The fraction of sp³-hybridized carbons (Fsp3) is 0.353. The quantitative estimate of drug-likeness (QED) is 0.551. The van der Waals surface area contributed by atoms with Gasteiger partial charge in [-0.25, -0.2) is 4.98 Å². The van der Waals surface area contributed by atoms with Gasteiger partial charge >= 0.3 is 0 Å². The van der Waals surface area contributed by atoms with Crippen molar-refractivity contribution in [2.24, 2.45) is 0 Å². The number of ether oxygens (including phenoxy) is 1. The third-order valence-electron chi connectivity index (χ3n) is 3.05. The van der Waals surface area contributed by atoms with E-state index in [9.17, 15) is 0 Å². The van der Waals surface area contributed by atoms with E-state index in [4.69, 9.17) is 4.74 Å². The highest BCUT2D eigenvalue weighted by molar-refractivity contribution is 14.1. The van der Waals surface area contributed by atoms with Gasteiger partial charge < -0.3 is 10.1 Å². The topological polar surface area (TPSA) is 34.2 Å². The molecule has 3 nitrogen and oxygen atoms in total. The number of hydrogen-bond acceptors (Lipinski definition) is 3. The van der Waals surface area contributed by atoms with Crippen LogP contribution in [0.1, 0.15) is 31.5 Å². The molecule has 1 aromatic heterocycles. The Hall–Kier alpha value is -1.14. The van der Waals surface area contributed by atoms with Crippen molar-refractivity contribution in [3.63, 3.8) is 0 Å². The normalized spacial score (nSPS) is 10.6. The number of pyridine rings is 1. The number of nitrogens with zero attached hydrogens (tertiary/aromatic N) is 1. The lowest BCUT2D eigenvalue weighted by molar-refractivity contribution is 0.459. The van der Waals surface area contributed by atoms with Gasteiger partial charge in [0.05, 0.1) is 0 Å². The molecule has 0 bridgehead atoms. The number of benzene rings is 1. The molecule has 2 rings (SSSR count). The first kappa shape index (κ1) is 16.2. The lowest BCUT2D eigenvalue weighted by Crippen LogP contribution is -2.14. The van der Waals surface area contributed by atoms with E-state index >= 15 is 0 Å². The highest BCUT2D eigenvalue weighted by Gasteiger charge is 2.05. The van der Waals surface area contributed by atoms with Crippen molar-refractivity contribution < 1.29 is 4.74 Å². The number of hydrogen-bond donors (Lipinski definition) is 1. The first-order valence-electron chi connectivity index (χ1n) is 7.35. The van der Waals surface area contributed by atoms with Gasteiger partial charge in [0, 0.05) is 21.9 Å². The maximum atomic E-state index is 5.90. The smallest absolute Gasteiger partial charge is 0.219 e. The molecule has 21 heavy (non-hydrogen) atoms. The summed E-state index contributed by atoms with van der Waals surface area (Å²) < 4.78 is 7.06. The average Bonchev–Trinajstić information content (AvgIpc) is 2.47. The maximum Gasteiger partial charge on any atom is 0.219 e. The van der Waals surface area contributed by atoms with Crippen LogP contribution in [-0.4, -0.2) is 11.5 Å². The van der Waals surface area contributed by atoms with Crippen LogP contribution in [-0.2, 0) is 13.0 Å². The molecule has 1 aromatic carbocycles. The Kier molecular flexibility index (Phi) is 6.45. The van der Waals surface area contributed by atoms with Gasteiger partial charge in [-0.1, -0.05) is 19.9 Å². The molecule has 0 saturated heterocycles. The summed E-state index contributed by atoms with van der Waals surface area (Å²) in [7, 11) is 0. The van der Waals surface area contributed by atoms with E-state index in [2.05, 4.69) is 52.8 Å². The summed E-state index contributed by atoms with van der Waals surface area (Å²) in [4.78, 5) is 4.55. The van der Waals surface area contributed by atoms with Crippen LogP contribution in [0, 0.1) is 3.57 Å². The largest absolute Gasteiger partial charge is 0.439 e. The molecule has 0 aliphatic heterocycles. The van der Waals surface area contributed by atoms with Gasteiger partial charge in [-0.15, -0.1) is 0 Å². The minimum Gasteiger partial charge on any atom is -0.439 e. The van der Waals surface area contributed by atoms with Gasteiger partial charge in [-0.05, 0) is 71.8 Å². The SMILES string of the molecule is CCCNCc1cc(CC)nc(Oc2cccc(I)c2)c1.